The molecule has 0 aliphatic rings. The molecule has 0 amide bonds. The van der Waals surface area contributed by atoms with Crippen molar-refractivity contribution in [2.24, 2.45) is 5.73 Å². The van der Waals surface area contributed by atoms with Crippen molar-refractivity contribution in [2.45, 2.75) is 25.8 Å². The molecule has 2 aromatic rings. The molecule has 0 spiro atoms. The van der Waals surface area contributed by atoms with E-state index in [2.05, 4.69) is 11.9 Å². The topological polar surface area (TPSA) is 43.3 Å². The molecule has 2 rings (SSSR count). The molecule has 0 aromatic carbocycles. The lowest BCUT2D eigenvalue weighted by Crippen LogP contribution is -2.12. The SMILES string of the molecule is CCCC(N)c1cnc2ccc(Cl)cn12. The molecule has 0 bridgehead atoms. The second-order valence-electron chi connectivity index (χ2n) is 3.65. The van der Waals surface area contributed by atoms with Crippen LogP contribution >= 0.6 is 11.6 Å². The van der Waals surface area contributed by atoms with E-state index in [4.69, 9.17) is 17.3 Å². The molecule has 15 heavy (non-hydrogen) atoms. The van der Waals surface area contributed by atoms with Gasteiger partial charge in [-0.05, 0) is 18.6 Å². The van der Waals surface area contributed by atoms with Crippen molar-refractivity contribution in [2.75, 3.05) is 0 Å². The number of aromatic nitrogens is 2. The highest BCUT2D eigenvalue weighted by molar-refractivity contribution is 6.30. The van der Waals surface area contributed by atoms with Gasteiger partial charge in [0.05, 0.1) is 16.9 Å². The Morgan fingerprint density at radius 2 is 2.33 bits per heavy atom. The van der Waals surface area contributed by atoms with Gasteiger partial charge in [-0.3, -0.25) is 0 Å². The summed E-state index contributed by atoms with van der Waals surface area (Å²) < 4.78 is 1.96. The number of hydrogen-bond acceptors (Lipinski definition) is 2. The summed E-state index contributed by atoms with van der Waals surface area (Å²) in [5.41, 5.74) is 7.97. The van der Waals surface area contributed by atoms with Gasteiger partial charge >= 0.3 is 0 Å². The van der Waals surface area contributed by atoms with Crippen LogP contribution in [-0.2, 0) is 0 Å². The highest BCUT2D eigenvalue weighted by Crippen LogP contribution is 2.19. The molecule has 0 radical (unpaired) electrons. The number of hydrogen-bond donors (Lipinski definition) is 1. The average molecular weight is 224 g/mol. The molecule has 1 unspecified atom stereocenters. The molecule has 2 heterocycles. The van der Waals surface area contributed by atoms with Gasteiger partial charge in [0.15, 0.2) is 0 Å². The van der Waals surface area contributed by atoms with Crippen LogP contribution < -0.4 is 5.73 Å². The Bertz CT molecular complexity index is 464. The third-order valence-electron chi connectivity index (χ3n) is 2.48. The molecular formula is C11H14ClN3. The first-order chi connectivity index (χ1) is 7.22. The van der Waals surface area contributed by atoms with Crippen molar-refractivity contribution >= 4 is 17.2 Å². The predicted octanol–water partition coefficient (Wildman–Crippen LogP) is 2.79. The third kappa shape index (κ3) is 1.98. The minimum Gasteiger partial charge on any atom is -0.323 e. The standard InChI is InChI=1S/C11H14ClN3/c1-2-3-9(13)10-6-14-11-5-4-8(12)7-15(10)11/h4-7,9H,2-3,13H2,1H3. The second kappa shape index (κ2) is 4.21. The van der Waals surface area contributed by atoms with Gasteiger partial charge in [0, 0.05) is 12.2 Å². The number of fused-ring (bicyclic) bond motifs is 1. The predicted molar refractivity (Wildman–Crippen MR) is 62.0 cm³/mol. The average Bonchev–Trinajstić information content (AvgIpc) is 2.60. The molecule has 1 atom stereocenters. The van der Waals surface area contributed by atoms with Gasteiger partial charge in [-0.2, -0.15) is 0 Å². The monoisotopic (exact) mass is 223 g/mol. The van der Waals surface area contributed by atoms with Crippen LogP contribution in [0.25, 0.3) is 5.65 Å². The van der Waals surface area contributed by atoms with Crippen molar-refractivity contribution in [3.8, 4) is 0 Å². The normalized spacial score (nSPS) is 13.3. The maximum Gasteiger partial charge on any atom is 0.137 e. The van der Waals surface area contributed by atoms with E-state index < -0.39 is 0 Å². The van der Waals surface area contributed by atoms with Gasteiger partial charge < -0.3 is 10.1 Å². The van der Waals surface area contributed by atoms with Gasteiger partial charge in [-0.1, -0.05) is 24.9 Å². The molecule has 3 nitrogen and oxygen atoms in total. The van der Waals surface area contributed by atoms with E-state index >= 15 is 0 Å². The van der Waals surface area contributed by atoms with E-state index in [-0.39, 0.29) is 6.04 Å². The quantitative estimate of drug-likeness (QED) is 0.870. The minimum atomic E-state index is 0.0310. The zero-order valence-electron chi connectivity index (χ0n) is 8.65. The molecule has 4 heteroatoms. The Morgan fingerprint density at radius 3 is 3.07 bits per heavy atom. The first-order valence-corrected chi connectivity index (χ1v) is 5.48. The van der Waals surface area contributed by atoms with Crippen LogP contribution in [0, 0.1) is 0 Å². The minimum absolute atomic E-state index is 0.0310. The molecule has 80 valence electrons. The van der Waals surface area contributed by atoms with E-state index in [1.165, 1.54) is 0 Å². The molecule has 0 saturated carbocycles. The number of pyridine rings is 1. The Balaban J connectivity index is 2.47. The molecule has 2 aromatic heterocycles. The first-order valence-electron chi connectivity index (χ1n) is 5.10. The van der Waals surface area contributed by atoms with Gasteiger partial charge in [0.25, 0.3) is 0 Å². The Hall–Kier alpha value is -1.06. The number of halogens is 1. The van der Waals surface area contributed by atoms with E-state index in [0.29, 0.717) is 5.02 Å². The van der Waals surface area contributed by atoms with Crippen molar-refractivity contribution in [3.63, 3.8) is 0 Å². The fraction of sp³-hybridized carbons (Fsp3) is 0.364. The smallest absolute Gasteiger partial charge is 0.137 e. The van der Waals surface area contributed by atoms with Crippen molar-refractivity contribution in [1.29, 1.82) is 0 Å². The summed E-state index contributed by atoms with van der Waals surface area (Å²) in [6.07, 6.45) is 5.70. The zero-order valence-corrected chi connectivity index (χ0v) is 9.41. The van der Waals surface area contributed by atoms with Crippen LogP contribution in [0.4, 0.5) is 0 Å². The van der Waals surface area contributed by atoms with Crippen molar-refractivity contribution in [3.05, 3.63) is 35.2 Å². The van der Waals surface area contributed by atoms with Gasteiger partial charge in [0.2, 0.25) is 0 Å². The summed E-state index contributed by atoms with van der Waals surface area (Å²) in [6, 6.07) is 3.76. The van der Waals surface area contributed by atoms with E-state index in [9.17, 15) is 0 Å². The molecule has 0 aliphatic carbocycles. The Labute approximate surface area is 93.9 Å². The van der Waals surface area contributed by atoms with Crippen LogP contribution in [-0.4, -0.2) is 9.38 Å². The number of imidazole rings is 1. The zero-order chi connectivity index (χ0) is 10.8. The summed E-state index contributed by atoms with van der Waals surface area (Å²) in [5, 5.41) is 0.699. The summed E-state index contributed by atoms with van der Waals surface area (Å²) in [4.78, 5) is 4.29. The molecule has 2 N–H and O–H groups in total. The van der Waals surface area contributed by atoms with Crippen molar-refractivity contribution in [1.82, 2.24) is 9.38 Å². The highest BCUT2D eigenvalue weighted by atomic mass is 35.5. The molecule has 0 saturated heterocycles. The number of rotatable bonds is 3. The maximum absolute atomic E-state index is 6.06. The maximum atomic E-state index is 6.06. The summed E-state index contributed by atoms with van der Waals surface area (Å²) in [7, 11) is 0. The lowest BCUT2D eigenvalue weighted by Gasteiger charge is -2.09. The molecule has 0 fully saturated rings. The third-order valence-corrected chi connectivity index (χ3v) is 2.70. The van der Waals surface area contributed by atoms with Crippen LogP contribution in [0.3, 0.4) is 0 Å². The number of nitrogens with two attached hydrogens (primary N) is 1. The lowest BCUT2D eigenvalue weighted by molar-refractivity contribution is 0.617. The fourth-order valence-corrected chi connectivity index (χ4v) is 1.87. The summed E-state index contributed by atoms with van der Waals surface area (Å²) in [5.74, 6) is 0. The summed E-state index contributed by atoms with van der Waals surface area (Å²) in [6.45, 7) is 2.12. The van der Waals surface area contributed by atoms with E-state index in [1.54, 1.807) is 0 Å². The molecule has 0 aliphatic heterocycles. The Kier molecular flexibility index (Phi) is 2.93. The van der Waals surface area contributed by atoms with Crippen LogP contribution in [0.2, 0.25) is 5.02 Å². The van der Waals surface area contributed by atoms with Gasteiger partial charge in [-0.15, -0.1) is 0 Å². The fourth-order valence-electron chi connectivity index (χ4n) is 1.71. The highest BCUT2D eigenvalue weighted by Gasteiger charge is 2.10. The van der Waals surface area contributed by atoms with Crippen LogP contribution in [0.5, 0.6) is 0 Å². The van der Waals surface area contributed by atoms with Gasteiger partial charge in [0.1, 0.15) is 5.65 Å². The number of nitrogens with zero attached hydrogens (tertiary/aromatic N) is 2. The van der Waals surface area contributed by atoms with Gasteiger partial charge in [-0.25, -0.2) is 4.98 Å². The lowest BCUT2D eigenvalue weighted by atomic mass is 10.1. The van der Waals surface area contributed by atoms with Crippen molar-refractivity contribution < 1.29 is 0 Å². The molecular weight excluding hydrogens is 210 g/mol. The van der Waals surface area contributed by atoms with Crippen LogP contribution in [0.15, 0.2) is 24.5 Å². The first kappa shape index (κ1) is 10.5. The van der Waals surface area contributed by atoms with Crippen LogP contribution in [0.1, 0.15) is 31.5 Å². The second-order valence-corrected chi connectivity index (χ2v) is 4.09. The summed E-state index contributed by atoms with van der Waals surface area (Å²) >= 11 is 5.94. The van der Waals surface area contributed by atoms with E-state index in [0.717, 1.165) is 24.2 Å². The Morgan fingerprint density at radius 1 is 1.53 bits per heavy atom. The van der Waals surface area contributed by atoms with E-state index in [1.807, 2.05) is 28.9 Å². The largest absolute Gasteiger partial charge is 0.323 e.